The third-order valence-electron chi connectivity index (χ3n) is 1.15. The Hall–Kier alpha value is -0.450. The van der Waals surface area contributed by atoms with Crippen LogP contribution in [0.15, 0.2) is 0 Å². The van der Waals surface area contributed by atoms with Gasteiger partial charge in [0, 0.05) is 0 Å². The summed E-state index contributed by atoms with van der Waals surface area (Å²) >= 11 is 0. The van der Waals surface area contributed by atoms with Crippen LogP contribution in [0.5, 0.6) is 0 Å². The summed E-state index contributed by atoms with van der Waals surface area (Å²) < 4.78 is 33.8. The first-order chi connectivity index (χ1) is 5.49. The minimum atomic E-state index is -4.51. The Morgan fingerprint density at radius 1 is 1.50 bits per heavy atom. The Kier molecular flexibility index (Phi) is 5.04. The van der Waals surface area contributed by atoms with Gasteiger partial charge < -0.3 is 0 Å². The van der Waals surface area contributed by atoms with Gasteiger partial charge in [-0.25, -0.2) is 0 Å². The first kappa shape index (κ1) is 11.6. The third-order valence-corrected chi connectivity index (χ3v) is 1.57. The molecule has 0 aliphatic heterocycles. The molecular formula is C5H10ClN2O4+. The summed E-state index contributed by atoms with van der Waals surface area (Å²) in [6.45, 7) is 1.87. The van der Waals surface area contributed by atoms with Gasteiger partial charge in [0.1, 0.15) is 0 Å². The van der Waals surface area contributed by atoms with Crippen molar-refractivity contribution in [3.05, 3.63) is 4.98 Å². The van der Waals surface area contributed by atoms with Crippen LogP contribution in [0, 0.1) is 15.6 Å². The Bertz CT molecular complexity index is 164. The lowest BCUT2D eigenvalue weighted by atomic mass is 10.2. The number of hydrogen-bond donors (Lipinski definition) is 0. The van der Waals surface area contributed by atoms with Gasteiger partial charge in [-0.05, 0) is 6.42 Å². The van der Waals surface area contributed by atoms with Crippen LogP contribution in [-0.2, 0) is 4.29 Å². The lowest BCUT2D eigenvalue weighted by molar-refractivity contribution is -1.92. The molecule has 0 N–H and O–H groups in total. The molecule has 12 heavy (non-hydrogen) atoms. The molecule has 1 atom stereocenters. The van der Waals surface area contributed by atoms with E-state index in [2.05, 4.69) is 9.27 Å². The van der Waals surface area contributed by atoms with Crippen LogP contribution in [0.25, 0.3) is 4.98 Å². The zero-order valence-corrected chi connectivity index (χ0v) is 7.36. The van der Waals surface area contributed by atoms with Gasteiger partial charge in [0.25, 0.3) is 0 Å². The van der Waals surface area contributed by atoms with Crippen molar-refractivity contribution in [1.82, 2.24) is 0 Å². The van der Waals surface area contributed by atoms with Crippen LogP contribution >= 0.6 is 0 Å². The average molecular weight is 198 g/mol. The summed E-state index contributed by atoms with van der Waals surface area (Å²) in [7, 11) is -4.51. The number of rotatable bonds is 5. The van der Waals surface area contributed by atoms with Gasteiger partial charge in [-0.1, -0.05) is 13.3 Å². The van der Waals surface area contributed by atoms with Gasteiger partial charge in [-0.2, -0.15) is 14.0 Å². The van der Waals surface area contributed by atoms with Gasteiger partial charge in [-0.15, -0.1) is 0 Å². The SMILES string of the molecule is CCCCC([N+]#N)O[Cl+3]([O-])([O-])[O-]. The smallest absolute Gasteiger partial charge is 0.183 e. The van der Waals surface area contributed by atoms with Crippen LogP contribution < -0.4 is 14.0 Å². The molecule has 0 heterocycles. The molecule has 0 spiro atoms. The van der Waals surface area contributed by atoms with Gasteiger partial charge in [0.2, 0.25) is 5.39 Å². The highest BCUT2D eigenvalue weighted by Gasteiger charge is 2.38. The van der Waals surface area contributed by atoms with E-state index in [1.54, 1.807) is 0 Å². The number of hydrogen-bond acceptors (Lipinski definition) is 5. The van der Waals surface area contributed by atoms with E-state index in [9.17, 15) is 14.0 Å². The number of unbranched alkanes of at least 4 members (excludes halogenated alkanes) is 1. The maximum atomic E-state index is 9.99. The number of diazo groups is 1. The monoisotopic (exact) mass is 197 g/mol. The summed E-state index contributed by atoms with van der Waals surface area (Å²) in [5.74, 6) is 0. The molecule has 0 rings (SSSR count). The van der Waals surface area contributed by atoms with Crippen LogP contribution in [0.3, 0.4) is 0 Å². The quantitative estimate of drug-likeness (QED) is 0.487. The highest BCUT2D eigenvalue weighted by molar-refractivity contribution is 4.61. The van der Waals surface area contributed by atoms with E-state index >= 15 is 0 Å². The van der Waals surface area contributed by atoms with E-state index in [-0.39, 0.29) is 6.42 Å². The van der Waals surface area contributed by atoms with Crippen molar-refractivity contribution in [3.8, 4) is 0 Å². The van der Waals surface area contributed by atoms with Gasteiger partial charge in [0.15, 0.2) is 9.27 Å². The maximum Gasteiger partial charge on any atom is 0.552 e. The minimum Gasteiger partial charge on any atom is -0.183 e. The van der Waals surface area contributed by atoms with Crippen molar-refractivity contribution in [2.45, 2.75) is 32.4 Å². The van der Waals surface area contributed by atoms with Crippen molar-refractivity contribution in [2.24, 2.45) is 0 Å². The molecular weight excluding hydrogens is 188 g/mol. The van der Waals surface area contributed by atoms with E-state index in [0.717, 1.165) is 6.42 Å². The van der Waals surface area contributed by atoms with E-state index in [1.165, 1.54) is 0 Å². The lowest BCUT2D eigenvalue weighted by Crippen LogP contribution is -2.62. The third kappa shape index (κ3) is 6.27. The standard InChI is InChI=1S/C5H10ClN2O4/c1-2-3-4-5(8-7)12-6(9,10)11/h5H,2-4H2,1H3/q+1. The first-order valence-electron chi connectivity index (χ1n) is 3.43. The summed E-state index contributed by atoms with van der Waals surface area (Å²) in [4.78, 5) is 2.60. The molecule has 6 nitrogen and oxygen atoms in total. The van der Waals surface area contributed by atoms with Crippen molar-refractivity contribution in [2.75, 3.05) is 0 Å². The highest BCUT2D eigenvalue weighted by atomic mass is 35.7. The molecule has 0 radical (unpaired) electrons. The number of halogens is 1. The van der Waals surface area contributed by atoms with Gasteiger partial charge in [0.05, 0.1) is 16.7 Å². The van der Waals surface area contributed by atoms with Crippen molar-refractivity contribution >= 4 is 0 Å². The van der Waals surface area contributed by atoms with Crippen LogP contribution in [0.2, 0.25) is 0 Å². The summed E-state index contributed by atoms with van der Waals surface area (Å²) in [6.07, 6.45) is 0.362. The summed E-state index contributed by atoms with van der Waals surface area (Å²) in [5.41, 5.74) is 0. The van der Waals surface area contributed by atoms with Crippen LogP contribution in [0.4, 0.5) is 0 Å². The molecule has 1 unspecified atom stereocenters. The molecule has 0 aromatic carbocycles. The van der Waals surface area contributed by atoms with Crippen molar-refractivity contribution < 1.29 is 28.5 Å². The van der Waals surface area contributed by atoms with E-state index in [1.807, 2.05) is 6.92 Å². The average Bonchev–Trinajstić information content (AvgIpc) is 1.95. The lowest BCUT2D eigenvalue weighted by Gasteiger charge is -2.10. The zero-order valence-electron chi connectivity index (χ0n) is 6.60. The van der Waals surface area contributed by atoms with E-state index in [4.69, 9.17) is 5.39 Å². The topological polar surface area (TPSA) is 107 Å². The molecule has 0 aliphatic carbocycles. The second kappa shape index (κ2) is 5.24. The Labute approximate surface area is 72.1 Å². The minimum absolute atomic E-state index is 0.210. The van der Waals surface area contributed by atoms with Crippen LogP contribution in [0.1, 0.15) is 26.2 Å². The number of nitrogens with zero attached hydrogens (tertiary/aromatic N) is 2. The first-order valence-corrected chi connectivity index (χ1v) is 4.66. The predicted octanol–water partition coefficient (Wildman–Crippen LogP) is -1.73. The maximum absolute atomic E-state index is 9.99. The van der Waals surface area contributed by atoms with E-state index < -0.39 is 16.5 Å². The molecule has 0 aliphatic rings. The molecule has 70 valence electrons. The highest BCUT2D eigenvalue weighted by Crippen LogP contribution is 2.08. The molecule has 0 aromatic heterocycles. The summed E-state index contributed by atoms with van der Waals surface area (Å²) in [6, 6.07) is 0. The Morgan fingerprint density at radius 2 is 2.08 bits per heavy atom. The van der Waals surface area contributed by atoms with Crippen molar-refractivity contribution in [1.29, 1.82) is 5.39 Å². The van der Waals surface area contributed by atoms with Gasteiger partial charge >= 0.3 is 6.23 Å². The molecule has 0 fully saturated rings. The fourth-order valence-corrected chi connectivity index (χ4v) is 1.00. The molecule has 0 saturated heterocycles. The molecule has 7 heteroatoms. The zero-order chi connectivity index (χ0) is 9.61. The molecule has 0 bridgehead atoms. The van der Waals surface area contributed by atoms with Gasteiger partial charge in [-0.3, -0.25) is 0 Å². The normalized spacial score (nSPS) is 13.9. The fraction of sp³-hybridized carbons (Fsp3) is 1.00. The van der Waals surface area contributed by atoms with Crippen molar-refractivity contribution in [3.63, 3.8) is 0 Å². The van der Waals surface area contributed by atoms with Crippen LogP contribution in [-0.4, -0.2) is 6.23 Å². The Morgan fingerprint density at radius 3 is 2.42 bits per heavy atom. The molecule has 0 saturated carbocycles. The largest absolute Gasteiger partial charge is 0.552 e. The second-order valence-electron chi connectivity index (χ2n) is 2.18. The molecule has 0 amide bonds. The summed E-state index contributed by atoms with van der Waals surface area (Å²) in [5, 5.41) is 8.21. The Balaban J connectivity index is 3.78. The molecule has 0 aromatic rings. The van der Waals surface area contributed by atoms with E-state index in [0.29, 0.717) is 6.42 Å². The second-order valence-corrected chi connectivity index (χ2v) is 3.11. The predicted molar refractivity (Wildman–Crippen MR) is 29.5 cm³/mol. The fourth-order valence-electron chi connectivity index (χ4n) is 0.625.